The van der Waals surface area contributed by atoms with Crippen molar-refractivity contribution in [3.8, 4) is 11.5 Å². The number of phenolic OH excluding ortho intramolecular Hbond substituents is 1. The zero-order valence-electron chi connectivity index (χ0n) is 11.6. The van der Waals surface area contributed by atoms with Crippen LogP contribution in [0.15, 0.2) is 42.5 Å². The van der Waals surface area contributed by atoms with E-state index in [9.17, 15) is 9.90 Å². The number of hydrogen-bond donors (Lipinski definition) is 2. The molecular weight excluding hydrogens is 334 g/mol. The summed E-state index contributed by atoms with van der Waals surface area (Å²) in [6.07, 6.45) is 0. The number of phenols is 1. The van der Waals surface area contributed by atoms with Crippen LogP contribution in [-0.4, -0.2) is 17.6 Å². The van der Waals surface area contributed by atoms with Gasteiger partial charge in [0.2, 0.25) is 0 Å². The van der Waals surface area contributed by atoms with Crippen molar-refractivity contribution in [1.82, 2.24) is 0 Å². The summed E-state index contributed by atoms with van der Waals surface area (Å²) >= 11 is 3.41. The van der Waals surface area contributed by atoms with Gasteiger partial charge in [0.05, 0.1) is 6.61 Å². The predicted octanol–water partition coefficient (Wildman–Crippen LogP) is 3.94. The van der Waals surface area contributed by atoms with Crippen LogP contribution >= 0.6 is 15.9 Å². The van der Waals surface area contributed by atoms with Gasteiger partial charge in [-0.1, -0.05) is 15.9 Å². The minimum absolute atomic E-state index is 0.134. The lowest BCUT2D eigenvalue weighted by atomic mass is 10.1. The van der Waals surface area contributed by atoms with Gasteiger partial charge in [-0.25, -0.2) is 0 Å². The normalized spacial score (nSPS) is 10.2. The highest BCUT2D eigenvalue weighted by Gasteiger charge is 2.08. The molecule has 0 aromatic heterocycles. The van der Waals surface area contributed by atoms with E-state index < -0.39 is 0 Å². The van der Waals surface area contributed by atoms with Crippen molar-refractivity contribution in [2.45, 2.75) is 12.3 Å². The maximum atomic E-state index is 12.1. The third-order valence-corrected chi connectivity index (χ3v) is 3.50. The van der Waals surface area contributed by atoms with E-state index in [0.717, 1.165) is 11.3 Å². The maximum Gasteiger partial charge on any atom is 0.255 e. The number of aromatic hydroxyl groups is 1. The van der Waals surface area contributed by atoms with Crippen molar-refractivity contribution in [2.75, 3.05) is 11.9 Å². The van der Waals surface area contributed by atoms with E-state index in [0.29, 0.717) is 23.2 Å². The number of amides is 1. The Balaban J connectivity index is 2.15. The molecule has 2 rings (SSSR count). The highest BCUT2D eigenvalue weighted by Crippen LogP contribution is 2.25. The molecule has 21 heavy (non-hydrogen) atoms. The molecule has 0 spiro atoms. The summed E-state index contributed by atoms with van der Waals surface area (Å²) in [5.74, 6) is 0.714. The second-order valence-corrected chi connectivity index (χ2v) is 4.95. The van der Waals surface area contributed by atoms with E-state index in [-0.39, 0.29) is 11.7 Å². The van der Waals surface area contributed by atoms with Gasteiger partial charge in [0.15, 0.2) is 0 Å². The number of anilines is 1. The van der Waals surface area contributed by atoms with Crippen LogP contribution < -0.4 is 10.1 Å². The Morgan fingerprint density at radius 1 is 1.24 bits per heavy atom. The van der Waals surface area contributed by atoms with Gasteiger partial charge < -0.3 is 15.2 Å². The summed E-state index contributed by atoms with van der Waals surface area (Å²) in [5.41, 5.74) is 2.16. The summed E-state index contributed by atoms with van der Waals surface area (Å²) in [6, 6.07) is 11.6. The fourth-order valence-electron chi connectivity index (χ4n) is 1.87. The Morgan fingerprint density at radius 2 is 1.95 bits per heavy atom. The molecule has 0 aliphatic heterocycles. The number of hydrogen-bond acceptors (Lipinski definition) is 3. The van der Waals surface area contributed by atoms with E-state index >= 15 is 0 Å². The Bertz CT molecular complexity index is 626. The second-order valence-electron chi connectivity index (χ2n) is 4.39. The summed E-state index contributed by atoms with van der Waals surface area (Å²) in [4.78, 5) is 12.1. The van der Waals surface area contributed by atoms with Gasteiger partial charge in [-0.05, 0) is 49.4 Å². The zero-order valence-corrected chi connectivity index (χ0v) is 13.2. The number of halogens is 1. The summed E-state index contributed by atoms with van der Waals surface area (Å²) in [6.45, 7) is 2.53. The van der Waals surface area contributed by atoms with Crippen molar-refractivity contribution in [3.63, 3.8) is 0 Å². The smallest absolute Gasteiger partial charge is 0.255 e. The van der Waals surface area contributed by atoms with Crippen LogP contribution in [0.4, 0.5) is 5.69 Å². The Labute approximate surface area is 131 Å². The lowest BCUT2D eigenvalue weighted by molar-refractivity contribution is 0.102. The summed E-state index contributed by atoms with van der Waals surface area (Å²) in [5, 5.41) is 12.7. The SMILES string of the molecule is CCOc1ccc(NC(=O)c2ccc(O)cc2)cc1CBr. The first-order chi connectivity index (χ1) is 10.1. The van der Waals surface area contributed by atoms with E-state index in [2.05, 4.69) is 21.2 Å². The molecule has 110 valence electrons. The fourth-order valence-corrected chi connectivity index (χ4v) is 2.31. The van der Waals surface area contributed by atoms with Gasteiger partial charge >= 0.3 is 0 Å². The van der Waals surface area contributed by atoms with Crippen LogP contribution in [0.2, 0.25) is 0 Å². The number of benzene rings is 2. The van der Waals surface area contributed by atoms with Gasteiger partial charge in [-0.3, -0.25) is 4.79 Å². The molecule has 0 heterocycles. The lowest BCUT2D eigenvalue weighted by Gasteiger charge is -2.11. The molecule has 0 radical (unpaired) electrons. The van der Waals surface area contributed by atoms with Gasteiger partial charge in [0, 0.05) is 22.1 Å². The molecule has 0 saturated heterocycles. The Hall–Kier alpha value is -2.01. The minimum atomic E-state index is -0.223. The number of carbonyl (C=O) groups excluding carboxylic acids is 1. The van der Waals surface area contributed by atoms with Gasteiger partial charge in [0.25, 0.3) is 5.91 Å². The van der Waals surface area contributed by atoms with E-state index in [1.807, 2.05) is 19.1 Å². The molecule has 0 saturated carbocycles. The van der Waals surface area contributed by atoms with Crippen molar-refractivity contribution >= 4 is 27.5 Å². The van der Waals surface area contributed by atoms with E-state index in [1.54, 1.807) is 18.2 Å². The lowest BCUT2D eigenvalue weighted by Crippen LogP contribution is -2.12. The molecule has 5 heteroatoms. The molecule has 0 aliphatic carbocycles. The largest absolute Gasteiger partial charge is 0.508 e. The van der Waals surface area contributed by atoms with Gasteiger partial charge in [-0.2, -0.15) is 0 Å². The van der Waals surface area contributed by atoms with Crippen LogP contribution in [0.25, 0.3) is 0 Å². The maximum absolute atomic E-state index is 12.1. The Kier molecular flexibility index (Phi) is 5.22. The van der Waals surface area contributed by atoms with Crippen molar-refractivity contribution < 1.29 is 14.6 Å². The first-order valence-electron chi connectivity index (χ1n) is 6.56. The molecule has 0 atom stereocenters. The monoisotopic (exact) mass is 349 g/mol. The standard InChI is InChI=1S/C16H16BrNO3/c1-2-21-15-8-5-13(9-12(15)10-17)18-16(20)11-3-6-14(19)7-4-11/h3-9,19H,2,10H2,1H3,(H,18,20). The van der Waals surface area contributed by atoms with Crippen molar-refractivity contribution in [2.24, 2.45) is 0 Å². The highest BCUT2D eigenvalue weighted by atomic mass is 79.9. The molecular formula is C16H16BrNO3. The average molecular weight is 350 g/mol. The quantitative estimate of drug-likeness (QED) is 0.803. The van der Waals surface area contributed by atoms with Crippen LogP contribution in [0, 0.1) is 0 Å². The van der Waals surface area contributed by atoms with Gasteiger partial charge in [-0.15, -0.1) is 0 Å². The molecule has 2 aromatic rings. The molecule has 0 bridgehead atoms. The fraction of sp³-hybridized carbons (Fsp3) is 0.188. The Morgan fingerprint density at radius 3 is 2.57 bits per heavy atom. The first-order valence-corrected chi connectivity index (χ1v) is 7.68. The number of alkyl halides is 1. The van der Waals surface area contributed by atoms with E-state index in [1.165, 1.54) is 12.1 Å². The summed E-state index contributed by atoms with van der Waals surface area (Å²) in [7, 11) is 0. The third-order valence-electron chi connectivity index (χ3n) is 2.89. The third kappa shape index (κ3) is 3.98. The van der Waals surface area contributed by atoms with Crippen LogP contribution in [-0.2, 0) is 5.33 Å². The van der Waals surface area contributed by atoms with Crippen molar-refractivity contribution in [3.05, 3.63) is 53.6 Å². The molecule has 0 unspecified atom stereocenters. The topological polar surface area (TPSA) is 58.6 Å². The predicted molar refractivity (Wildman–Crippen MR) is 86.3 cm³/mol. The molecule has 0 fully saturated rings. The van der Waals surface area contributed by atoms with Crippen LogP contribution in [0.3, 0.4) is 0 Å². The van der Waals surface area contributed by atoms with Crippen molar-refractivity contribution in [1.29, 1.82) is 0 Å². The van der Waals surface area contributed by atoms with Crippen LogP contribution in [0.1, 0.15) is 22.8 Å². The zero-order chi connectivity index (χ0) is 15.2. The number of carbonyl (C=O) groups is 1. The molecule has 2 aromatic carbocycles. The molecule has 1 amide bonds. The highest BCUT2D eigenvalue weighted by molar-refractivity contribution is 9.08. The second kappa shape index (κ2) is 7.13. The number of rotatable bonds is 5. The summed E-state index contributed by atoms with van der Waals surface area (Å²) < 4.78 is 5.52. The average Bonchev–Trinajstić information content (AvgIpc) is 2.49. The number of ether oxygens (including phenoxy) is 1. The van der Waals surface area contributed by atoms with Gasteiger partial charge in [0.1, 0.15) is 11.5 Å². The first kappa shape index (κ1) is 15.4. The number of nitrogens with one attached hydrogen (secondary N) is 1. The van der Waals surface area contributed by atoms with E-state index in [4.69, 9.17) is 4.74 Å². The van der Waals surface area contributed by atoms with Crippen LogP contribution in [0.5, 0.6) is 11.5 Å². The minimum Gasteiger partial charge on any atom is -0.508 e. The molecule has 2 N–H and O–H groups in total. The molecule has 4 nitrogen and oxygen atoms in total. The molecule has 0 aliphatic rings.